The number of carbonyl (C=O) groups excluding carboxylic acids is 1. The molecule has 3 N–H and O–H groups in total. The van der Waals surface area contributed by atoms with Crippen molar-refractivity contribution in [1.29, 1.82) is 0 Å². The molecule has 4 aromatic rings. The number of primary sulfonamides is 1. The third-order valence-electron chi connectivity index (χ3n) is 4.92. The number of amides is 1. The number of rotatable bonds is 7. The van der Waals surface area contributed by atoms with Gasteiger partial charge in [0, 0.05) is 17.1 Å². The number of hydrogen-bond donors (Lipinski definition) is 2. The molecule has 170 valence electrons. The van der Waals surface area contributed by atoms with Crippen LogP contribution in [-0.2, 0) is 23.1 Å². The zero-order valence-corrected chi connectivity index (χ0v) is 18.8. The Hall–Kier alpha value is -3.54. The summed E-state index contributed by atoms with van der Waals surface area (Å²) in [5.74, 6) is -0.385. The van der Waals surface area contributed by atoms with Crippen LogP contribution < -0.4 is 16.0 Å². The highest BCUT2D eigenvalue weighted by Crippen LogP contribution is 2.12. The standard InChI is InChI=1S/C21H19ClN6O4S/c22-16-3-1-2-14(10-16)12-27-13-25-19-18(21(27)30)11-26-28(19)9-8-24-20(29)15-4-6-17(7-5-15)33(23,31)32/h1-7,10-11,13H,8-9,12H2,(H,24,29)(H2,23,31,32). The van der Waals surface area contributed by atoms with Crippen LogP contribution in [0.4, 0.5) is 0 Å². The maximum absolute atomic E-state index is 12.8. The van der Waals surface area contributed by atoms with Crippen LogP contribution in [0, 0.1) is 0 Å². The molecule has 0 saturated carbocycles. The van der Waals surface area contributed by atoms with Crippen molar-refractivity contribution in [3.63, 3.8) is 0 Å². The van der Waals surface area contributed by atoms with Crippen LogP contribution in [-0.4, -0.2) is 40.2 Å². The second-order valence-corrected chi connectivity index (χ2v) is 9.24. The van der Waals surface area contributed by atoms with Gasteiger partial charge in [-0.2, -0.15) is 5.10 Å². The van der Waals surface area contributed by atoms with Gasteiger partial charge in [0.1, 0.15) is 11.7 Å². The van der Waals surface area contributed by atoms with E-state index in [1.165, 1.54) is 46.0 Å². The smallest absolute Gasteiger partial charge is 0.264 e. The Labute approximate surface area is 193 Å². The summed E-state index contributed by atoms with van der Waals surface area (Å²) in [7, 11) is -3.82. The fourth-order valence-corrected chi connectivity index (χ4v) is 4.01. The molecule has 0 aliphatic heterocycles. The lowest BCUT2D eigenvalue weighted by atomic mass is 10.2. The van der Waals surface area contributed by atoms with E-state index in [4.69, 9.17) is 16.7 Å². The zero-order chi connectivity index (χ0) is 23.6. The maximum Gasteiger partial charge on any atom is 0.264 e. The van der Waals surface area contributed by atoms with Gasteiger partial charge in [0.2, 0.25) is 10.0 Å². The van der Waals surface area contributed by atoms with Crippen molar-refractivity contribution in [2.45, 2.75) is 18.0 Å². The van der Waals surface area contributed by atoms with Gasteiger partial charge in [-0.25, -0.2) is 23.2 Å². The number of benzene rings is 2. The summed E-state index contributed by atoms with van der Waals surface area (Å²) >= 11 is 6.01. The van der Waals surface area contributed by atoms with Crippen LogP contribution >= 0.6 is 11.6 Å². The molecule has 2 heterocycles. The van der Waals surface area contributed by atoms with E-state index in [1.807, 2.05) is 12.1 Å². The molecule has 0 radical (unpaired) electrons. The summed E-state index contributed by atoms with van der Waals surface area (Å²) < 4.78 is 25.6. The molecular weight excluding hydrogens is 468 g/mol. The summed E-state index contributed by atoms with van der Waals surface area (Å²) in [6, 6.07) is 12.5. The lowest BCUT2D eigenvalue weighted by molar-refractivity contribution is 0.0952. The molecule has 0 bridgehead atoms. The number of aromatic nitrogens is 4. The fourth-order valence-electron chi connectivity index (χ4n) is 3.28. The van der Waals surface area contributed by atoms with Crippen LogP contribution in [0.2, 0.25) is 5.02 Å². The van der Waals surface area contributed by atoms with Crippen molar-refractivity contribution in [1.82, 2.24) is 24.6 Å². The minimum Gasteiger partial charge on any atom is -0.350 e. The molecule has 2 aromatic carbocycles. The minimum absolute atomic E-state index is 0.0749. The van der Waals surface area contributed by atoms with E-state index < -0.39 is 10.0 Å². The zero-order valence-electron chi connectivity index (χ0n) is 17.2. The molecule has 0 aliphatic rings. The quantitative estimate of drug-likeness (QED) is 0.404. The predicted molar refractivity (Wildman–Crippen MR) is 122 cm³/mol. The van der Waals surface area contributed by atoms with E-state index in [-0.39, 0.29) is 35.0 Å². The van der Waals surface area contributed by atoms with Crippen molar-refractivity contribution in [3.8, 4) is 0 Å². The molecule has 2 aromatic heterocycles. The first kappa shape index (κ1) is 22.6. The Balaban J connectivity index is 1.42. The van der Waals surface area contributed by atoms with Gasteiger partial charge in [-0.1, -0.05) is 23.7 Å². The summed E-state index contributed by atoms with van der Waals surface area (Å²) in [6.07, 6.45) is 2.91. The Morgan fingerprint density at radius 2 is 1.91 bits per heavy atom. The Bertz CT molecular complexity index is 1500. The van der Waals surface area contributed by atoms with Gasteiger partial charge in [-0.15, -0.1) is 0 Å². The summed E-state index contributed by atoms with van der Waals surface area (Å²) in [5.41, 5.74) is 1.34. The largest absolute Gasteiger partial charge is 0.350 e. The second-order valence-electron chi connectivity index (χ2n) is 7.24. The van der Waals surface area contributed by atoms with E-state index in [1.54, 1.807) is 12.1 Å². The molecule has 0 saturated heterocycles. The van der Waals surface area contributed by atoms with Gasteiger partial charge in [0.05, 0.1) is 24.2 Å². The van der Waals surface area contributed by atoms with Gasteiger partial charge in [0.25, 0.3) is 11.5 Å². The highest BCUT2D eigenvalue weighted by molar-refractivity contribution is 7.89. The van der Waals surface area contributed by atoms with E-state index in [9.17, 15) is 18.0 Å². The molecule has 33 heavy (non-hydrogen) atoms. The van der Waals surface area contributed by atoms with Crippen molar-refractivity contribution in [2.24, 2.45) is 5.14 Å². The normalized spacial score (nSPS) is 11.6. The third kappa shape index (κ3) is 5.11. The van der Waals surface area contributed by atoms with Crippen LogP contribution in [0.25, 0.3) is 11.0 Å². The average molecular weight is 487 g/mol. The molecule has 0 aliphatic carbocycles. The van der Waals surface area contributed by atoms with Crippen LogP contribution in [0.1, 0.15) is 15.9 Å². The molecular formula is C21H19ClN6O4S. The highest BCUT2D eigenvalue weighted by atomic mass is 35.5. The number of nitrogens with zero attached hydrogens (tertiary/aromatic N) is 4. The second kappa shape index (κ2) is 9.14. The fraction of sp³-hybridized carbons (Fsp3) is 0.143. The Kier molecular flexibility index (Phi) is 6.27. The predicted octanol–water partition coefficient (Wildman–Crippen LogP) is 1.37. The average Bonchev–Trinajstić information content (AvgIpc) is 3.19. The van der Waals surface area contributed by atoms with E-state index >= 15 is 0 Å². The monoisotopic (exact) mass is 486 g/mol. The summed E-state index contributed by atoms with van der Waals surface area (Å²) in [4.78, 5) is 29.4. The highest BCUT2D eigenvalue weighted by Gasteiger charge is 2.12. The minimum atomic E-state index is -3.82. The topological polar surface area (TPSA) is 142 Å². The lowest BCUT2D eigenvalue weighted by Crippen LogP contribution is -2.28. The molecule has 0 unspecified atom stereocenters. The van der Waals surface area contributed by atoms with Gasteiger partial charge >= 0.3 is 0 Å². The van der Waals surface area contributed by atoms with Gasteiger partial charge in [-0.3, -0.25) is 14.2 Å². The third-order valence-corrected chi connectivity index (χ3v) is 6.08. The van der Waals surface area contributed by atoms with E-state index in [0.29, 0.717) is 22.6 Å². The van der Waals surface area contributed by atoms with Gasteiger partial charge < -0.3 is 5.32 Å². The number of nitrogens with two attached hydrogens (primary N) is 1. The summed E-state index contributed by atoms with van der Waals surface area (Å²) in [6.45, 7) is 0.836. The van der Waals surface area contributed by atoms with E-state index in [0.717, 1.165) is 5.56 Å². The molecule has 0 atom stereocenters. The van der Waals surface area contributed by atoms with Crippen molar-refractivity contribution in [2.75, 3.05) is 6.54 Å². The first-order chi connectivity index (χ1) is 15.7. The van der Waals surface area contributed by atoms with Crippen molar-refractivity contribution in [3.05, 3.63) is 87.6 Å². The van der Waals surface area contributed by atoms with Crippen LogP contribution in [0.3, 0.4) is 0 Å². The first-order valence-corrected chi connectivity index (χ1v) is 11.7. The molecule has 0 spiro atoms. The summed E-state index contributed by atoms with van der Waals surface area (Å²) in [5, 5.41) is 12.9. The lowest BCUT2D eigenvalue weighted by Gasteiger charge is -2.08. The number of sulfonamides is 1. The molecule has 12 heteroatoms. The maximum atomic E-state index is 12.8. The molecule has 4 rings (SSSR count). The molecule has 1 amide bonds. The number of carbonyl (C=O) groups is 1. The Morgan fingerprint density at radius 3 is 2.61 bits per heavy atom. The molecule has 10 nitrogen and oxygen atoms in total. The van der Waals surface area contributed by atoms with Crippen molar-refractivity contribution >= 4 is 38.6 Å². The molecule has 0 fully saturated rings. The van der Waals surface area contributed by atoms with E-state index in [2.05, 4.69) is 15.4 Å². The number of hydrogen-bond acceptors (Lipinski definition) is 6. The number of nitrogens with one attached hydrogen (secondary N) is 1. The van der Waals surface area contributed by atoms with Crippen LogP contribution in [0.15, 0.2) is 70.7 Å². The van der Waals surface area contributed by atoms with Crippen molar-refractivity contribution < 1.29 is 13.2 Å². The van der Waals surface area contributed by atoms with Crippen LogP contribution in [0.5, 0.6) is 0 Å². The Morgan fingerprint density at radius 1 is 1.15 bits per heavy atom. The van der Waals surface area contributed by atoms with Gasteiger partial charge in [-0.05, 0) is 42.0 Å². The number of halogens is 1. The SMILES string of the molecule is NS(=O)(=O)c1ccc(C(=O)NCCn2ncc3c(=O)n(Cc4cccc(Cl)c4)cnc32)cc1. The first-order valence-electron chi connectivity index (χ1n) is 9.79. The number of fused-ring (bicyclic) bond motifs is 1. The van der Waals surface area contributed by atoms with Gasteiger partial charge in [0.15, 0.2) is 5.65 Å².